The van der Waals surface area contributed by atoms with Gasteiger partial charge in [-0.15, -0.1) is 0 Å². The van der Waals surface area contributed by atoms with Gasteiger partial charge >= 0.3 is 12.4 Å². The van der Waals surface area contributed by atoms with Crippen LogP contribution in [-0.2, 0) is 57.6 Å². The number of pyridine rings is 2. The van der Waals surface area contributed by atoms with E-state index in [1.807, 2.05) is 32.0 Å². The molecule has 360 valence electrons. The normalized spacial score (nSPS) is 12.8. The first kappa shape index (κ1) is 53.5. The molecular weight excluding hydrogens is 948 g/mol. The number of Topliss-reactive ketones (excluding diaryl/α,β-unsaturated/α-hetero) is 2. The lowest BCUT2D eigenvalue weighted by Gasteiger charge is -2.15. The standard InChI is InChI=1S/C27H27ClF3NO3S.C25H24ClF3N2O/c1-17-5-4-6-22(15-17)26-20(10-12-25(32-26)27(29,30)31)9-11-24(33)18(2)21-8-7-19(23(28)16-21)13-14-36(3,34)35;1-15-4-3-5-19(12-15)24-17(9-11-23(31-24)25(27,28)29)8-10-22(32)16(2)18-6-7-20(14-30)21(26)13-18/h4-8,10,12,15-16,18H,9,11,13-14H2,1-3H3;3-7,9,11-13,16H,8,10,14,30H2,1-2H3. The number of hydrogen-bond acceptors (Lipinski definition) is 7. The molecule has 2 heterocycles. The van der Waals surface area contributed by atoms with E-state index in [4.69, 9.17) is 28.9 Å². The van der Waals surface area contributed by atoms with Gasteiger partial charge in [0, 0.05) is 58.7 Å². The molecule has 2 atom stereocenters. The van der Waals surface area contributed by atoms with Gasteiger partial charge in [-0.3, -0.25) is 9.59 Å². The van der Waals surface area contributed by atoms with Crippen molar-refractivity contribution in [3.8, 4) is 22.5 Å². The molecule has 0 amide bonds. The van der Waals surface area contributed by atoms with E-state index in [0.29, 0.717) is 50.0 Å². The highest BCUT2D eigenvalue weighted by Crippen LogP contribution is 2.35. The monoisotopic (exact) mass is 997 g/mol. The van der Waals surface area contributed by atoms with Crippen LogP contribution in [0.5, 0.6) is 0 Å². The second-order valence-electron chi connectivity index (χ2n) is 16.8. The number of carbonyl (C=O) groups is 2. The van der Waals surface area contributed by atoms with Gasteiger partial charge < -0.3 is 5.73 Å². The summed E-state index contributed by atoms with van der Waals surface area (Å²) in [4.78, 5) is 33.6. The molecule has 0 saturated heterocycles. The summed E-state index contributed by atoms with van der Waals surface area (Å²) < 4.78 is 103. The fourth-order valence-electron chi connectivity index (χ4n) is 7.43. The Morgan fingerprint density at radius 1 is 0.588 bits per heavy atom. The highest BCUT2D eigenvalue weighted by molar-refractivity contribution is 7.90. The minimum Gasteiger partial charge on any atom is -0.326 e. The Kier molecular flexibility index (Phi) is 18.0. The number of nitrogens with zero attached hydrogens (tertiary/aromatic N) is 2. The molecule has 0 spiro atoms. The Morgan fingerprint density at radius 2 is 0.985 bits per heavy atom. The molecule has 0 aliphatic heterocycles. The highest BCUT2D eigenvalue weighted by Gasteiger charge is 2.34. The number of aryl methyl sites for hydroxylation is 5. The van der Waals surface area contributed by atoms with Crippen LogP contribution in [0.3, 0.4) is 0 Å². The molecule has 4 aromatic carbocycles. The molecule has 2 unspecified atom stereocenters. The largest absolute Gasteiger partial charge is 0.433 e. The number of halogens is 8. The van der Waals surface area contributed by atoms with Gasteiger partial charge in [0.15, 0.2) is 0 Å². The van der Waals surface area contributed by atoms with Crippen molar-refractivity contribution in [1.82, 2.24) is 9.97 Å². The van der Waals surface area contributed by atoms with Crippen molar-refractivity contribution in [2.45, 2.75) is 90.5 Å². The first-order chi connectivity index (χ1) is 31.8. The number of hydrogen-bond donors (Lipinski definition) is 1. The molecule has 0 saturated carbocycles. The number of benzene rings is 4. The van der Waals surface area contributed by atoms with Gasteiger partial charge in [-0.05, 0) is 103 Å². The summed E-state index contributed by atoms with van der Waals surface area (Å²) in [6.45, 7) is 7.56. The van der Waals surface area contributed by atoms with Crippen LogP contribution >= 0.6 is 23.2 Å². The molecule has 2 N–H and O–H groups in total. The van der Waals surface area contributed by atoms with Crippen LogP contribution in [0.2, 0.25) is 10.0 Å². The number of alkyl halides is 6. The van der Waals surface area contributed by atoms with Crippen molar-refractivity contribution in [3.63, 3.8) is 0 Å². The second kappa shape index (κ2) is 22.8. The summed E-state index contributed by atoms with van der Waals surface area (Å²) in [6.07, 6.45) is -6.88. The molecule has 0 bridgehead atoms. The summed E-state index contributed by atoms with van der Waals surface area (Å²) in [6, 6.07) is 29.5. The maximum atomic E-state index is 13.3. The molecule has 7 nitrogen and oxygen atoms in total. The lowest BCUT2D eigenvalue weighted by Crippen LogP contribution is -2.13. The predicted octanol–water partition coefficient (Wildman–Crippen LogP) is 13.1. The maximum absolute atomic E-state index is 13.3. The summed E-state index contributed by atoms with van der Waals surface area (Å²) >= 11 is 12.5. The van der Waals surface area contributed by atoms with Crippen LogP contribution in [-0.4, -0.2) is 42.0 Å². The predicted molar refractivity (Wildman–Crippen MR) is 257 cm³/mol. The van der Waals surface area contributed by atoms with Gasteiger partial charge in [-0.25, -0.2) is 18.4 Å². The lowest BCUT2D eigenvalue weighted by atomic mass is 9.91. The number of nitrogens with two attached hydrogens (primary N) is 1. The van der Waals surface area contributed by atoms with E-state index in [1.165, 1.54) is 12.1 Å². The van der Waals surface area contributed by atoms with Crippen molar-refractivity contribution in [2.24, 2.45) is 5.73 Å². The Morgan fingerprint density at radius 3 is 1.34 bits per heavy atom. The number of carbonyl (C=O) groups excluding carboxylic acids is 2. The Balaban J connectivity index is 0.000000256. The Bertz CT molecular complexity index is 2890. The third kappa shape index (κ3) is 14.8. The summed E-state index contributed by atoms with van der Waals surface area (Å²) in [7, 11) is -3.13. The molecule has 0 radical (unpaired) electrons. The SMILES string of the molecule is Cc1cccc(-c2nc(C(F)(F)F)ccc2CCC(=O)C(C)c2ccc(CCS(C)(=O)=O)c(Cl)c2)c1.Cc1cccc(-c2nc(C(F)(F)F)ccc2CCC(=O)C(C)c2ccc(CN)c(Cl)c2)c1. The molecule has 0 aliphatic rings. The van der Waals surface area contributed by atoms with E-state index in [2.05, 4.69) is 9.97 Å². The van der Waals surface area contributed by atoms with Crippen LogP contribution in [0.25, 0.3) is 22.5 Å². The smallest absolute Gasteiger partial charge is 0.326 e. The zero-order valence-corrected chi connectivity index (χ0v) is 40.4. The van der Waals surface area contributed by atoms with E-state index in [9.17, 15) is 44.3 Å². The number of rotatable bonds is 16. The third-order valence-corrected chi connectivity index (χ3v) is 13.1. The average Bonchev–Trinajstić information content (AvgIpc) is 3.28. The van der Waals surface area contributed by atoms with E-state index < -0.39 is 45.4 Å². The van der Waals surface area contributed by atoms with Gasteiger partial charge in [0.05, 0.1) is 17.1 Å². The number of aromatic nitrogens is 2. The van der Waals surface area contributed by atoms with Crippen molar-refractivity contribution >= 4 is 44.6 Å². The van der Waals surface area contributed by atoms with Crippen LogP contribution in [0, 0.1) is 13.8 Å². The van der Waals surface area contributed by atoms with Crippen LogP contribution < -0.4 is 5.73 Å². The quantitative estimate of drug-likeness (QED) is 0.0959. The van der Waals surface area contributed by atoms with E-state index in [-0.39, 0.29) is 60.8 Å². The van der Waals surface area contributed by atoms with Gasteiger partial charge in [0.2, 0.25) is 0 Å². The molecule has 68 heavy (non-hydrogen) atoms. The van der Waals surface area contributed by atoms with Gasteiger partial charge in [0.25, 0.3) is 0 Å². The minimum atomic E-state index is -4.58. The minimum absolute atomic E-state index is 0.0228. The van der Waals surface area contributed by atoms with Crippen LogP contribution in [0.15, 0.2) is 109 Å². The zero-order chi connectivity index (χ0) is 50.1. The van der Waals surface area contributed by atoms with Gasteiger partial charge in [-0.2, -0.15) is 26.3 Å². The average molecular weight is 999 g/mol. The van der Waals surface area contributed by atoms with Crippen LogP contribution in [0.4, 0.5) is 26.3 Å². The fourth-order valence-corrected chi connectivity index (χ4v) is 8.57. The lowest BCUT2D eigenvalue weighted by molar-refractivity contribution is -0.141. The number of sulfone groups is 1. The fraction of sp³-hybridized carbons (Fsp3) is 0.308. The Labute approximate surface area is 403 Å². The molecule has 16 heteroatoms. The van der Waals surface area contributed by atoms with E-state index in [1.54, 1.807) is 80.6 Å². The highest BCUT2D eigenvalue weighted by atomic mass is 35.5. The summed E-state index contributed by atoms with van der Waals surface area (Å²) in [5.41, 5.74) is 11.2. The van der Waals surface area contributed by atoms with E-state index >= 15 is 0 Å². The third-order valence-electron chi connectivity index (χ3n) is 11.5. The topological polar surface area (TPSA) is 120 Å². The summed E-state index contributed by atoms with van der Waals surface area (Å²) in [5.74, 6) is -1.03. The number of ketones is 2. The van der Waals surface area contributed by atoms with Crippen molar-refractivity contribution in [3.05, 3.63) is 175 Å². The van der Waals surface area contributed by atoms with Crippen molar-refractivity contribution in [1.29, 1.82) is 0 Å². The molecule has 6 rings (SSSR count). The maximum Gasteiger partial charge on any atom is 0.433 e. The first-order valence-corrected chi connectivity index (χ1v) is 24.4. The van der Waals surface area contributed by atoms with Gasteiger partial charge in [-0.1, -0.05) is 121 Å². The van der Waals surface area contributed by atoms with Crippen molar-refractivity contribution in [2.75, 3.05) is 12.0 Å². The zero-order valence-electron chi connectivity index (χ0n) is 38.0. The summed E-state index contributed by atoms with van der Waals surface area (Å²) in [5, 5.41) is 0.905. The van der Waals surface area contributed by atoms with Gasteiger partial charge in [0.1, 0.15) is 32.8 Å². The van der Waals surface area contributed by atoms with Crippen LogP contribution in [0.1, 0.15) is 94.4 Å². The molecule has 0 fully saturated rings. The first-order valence-electron chi connectivity index (χ1n) is 21.6. The molecular formula is C52H51Cl2F6N3O4S. The molecule has 6 aromatic rings. The second-order valence-corrected chi connectivity index (χ2v) is 19.9. The van der Waals surface area contributed by atoms with E-state index in [0.717, 1.165) is 40.6 Å². The Hall–Kier alpha value is -5.41. The molecule has 0 aliphatic carbocycles. The van der Waals surface area contributed by atoms with Crippen molar-refractivity contribution < 1.29 is 44.3 Å². The molecule has 2 aromatic heterocycles.